The second-order valence-electron chi connectivity index (χ2n) is 3.85. The zero-order valence-corrected chi connectivity index (χ0v) is 11.1. The molecule has 0 bridgehead atoms. The van der Waals surface area contributed by atoms with Gasteiger partial charge in [-0.25, -0.2) is 4.98 Å². The smallest absolute Gasteiger partial charge is 0.0730 e. The predicted molar refractivity (Wildman–Crippen MR) is 82.6 cm³/mol. The van der Waals surface area contributed by atoms with Crippen LogP contribution in [-0.2, 0) is 0 Å². The summed E-state index contributed by atoms with van der Waals surface area (Å²) >= 11 is 0. The number of benzene rings is 2. The highest BCUT2D eigenvalue weighted by Crippen LogP contribution is 2.25. The lowest BCUT2D eigenvalue weighted by atomic mass is 10.1. The van der Waals surface area contributed by atoms with E-state index in [4.69, 9.17) is 11.5 Å². The van der Waals surface area contributed by atoms with Crippen LogP contribution in [-0.4, -0.2) is 4.98 Å². The van der Waals surface area contributed by atoms with Gasteiger partial charge in [0, 0.05) is 22.1 Å². The molecule has 0 spiro atoms. The van der Waals surface area contributed by atoms with Crippen LogP contribution < -0.4 is 11.5 Å². The highest BCUT2D eigenvalue weighted by atomic mass is 35.5. The average molecular weight is 282 g/mol. The molecule has 4 N–H and O–H groups in total. The number of rotatable bonds is 0. The summed E-state index contributed by atoms with van der Waals surface area (Å²) < 4.78 is 0. The Labute approximate surface area is 117 Å². The third-order valence-corrected chi connectivity index (χ3v) is 2.71. The largest absolute Gasteiger partial charge is 0.399 e. The minimum absolute atomic E-state index is 0. The molecule has 1 heterocycles. The molecule has 0 saturated heterocycles. The molecule has 94 valence electrons. The van der Waals surface area contributed by atoms with Gasteiger partial charge in [0.1, 0.15) is 0 Å². The Morgan fingerprint density at radius 3 is 2.39 bits per heavy atom. The zero-order valence-electron chi connectivity index (χ0n) is 9.46. The van der Waals surface area contributed by atoms with Gasteiger partial charge in [-0.15, -0.1) is 24.8 Å². The second-order valence-corrected chi connectivity index (χ2v) is 3.85. The molecule has 18 heavy (non-hydrogen) atoms. The molecule has 5 heteroatoms. The van der Waals surface area contributed by atoms with E-state index in [9.17, 15) is 0 Å². The van der Waals surface area contributed by atoms with E-state index in [0.29, 0.717) is 0 Å². The maximum absolute atomic E-state index is 5.91. The summed E-state index contributed by atoms with van der Waals surface area (Å²) in [6, 6.07) is 13.5. The molecule has 0 saturated carbocycles. The first-order chi connectivity index (χ1) is 7.74. The van der Waals surface area contributed by atoms with E-state index in [1.54, 1.807) is 0 Å². The third-order valence-electron chi connectivity index (χ3n) is 2.71. The van der Waals surface area contributed by atoms with E-state index in [-0.39, 0.29) is 24.8 Å². The van der Waals surface area contributed by atoms with E-state index in [0.717, 1.165) is 33.2 Å². The molecular formula is C13H13Cl2N3. The van der Waals surface area contributed by atoms with Crippen molar-refractivity contribution >= 4 is 58.0 Å². The summed E-state index contributed by atoms with van der Waals surface area (Å²) in [6.07, 6.45) is 0. The van der Waals surface area contributed by atoms with Crippen molar-refractivity contribution in [3.05, 3.63) is 42.5 Å². The molecule has 0 aliphatic rings. The molecule has 3 aromatic rings. The van der Waals surface area contributed by atoms with Crippen molar-refractivity contribution in [3.8, 4) is 0 Å². The fourth-order valence-corrected chi connectivity index (χ4v) is 1.90. The van der Waals surface area contributed by atoms with Gasteiger partial charge < -0.3 is 11.5 Å². The number of nitrogen functional groups attached to an aromatic ring is 2. The van der Waals surface area contributed by atoms with Crippen LogP contribution in [0, 0.1) is 0 Å². The summed E-state index contributed by atoms with van der Waals surface area (Å²) in [7, 11) is 0. The first kappa shape index (κ1) is 14.4. The summed E-state index contributed by atoms with van der Waals surface area (Å²) in [5.41, 5.74) is 15.0. The van der Waals surface area contributed by atoms with Crippen LogP contribution in [0.2, 0.25) is 0 Å². The molecular weight excluding hydrogens is 269 g/mol. The molecule has 0 radical (unpaired) electrons. The van der Waals surface area contributed by atoms with Crippen molar-refractivity contribution in [3.63, 3.8) is 0 Å². The van der Waals surface area contributed by atoms with Gasteiger partial charge in [-0.1, -0.05) is 6.07 Å². The lowest BCUT2D eigenvalue weighted by molar-refractivity contribution is 1.50. The summed E-state index contributed by atoms with van der Waals surface area (Å²) in [4.78, 5) is 4.54. The van der Waals surface area contributed by atoms with Crippen LogP contribution in [0.15, 0.2) is 42.5 Å². The lowest BCUT2D eigenvalue weighted by Gasteiger charge is -2.04. The normalized spacial score (nSPS) is 9.78. The van der Waals surface area contributed by atoms with Crippen LogP contribution in [0.3, 0.4) is 0 Å². The molecule has 0 unspecified atom stereocenters. The van der Waals surface area contributed by atoms with Gasteiger partial charge in [-0.2, -0.15) is 0 Å². The lowest BCUT2D eigenvalue weighted by Crippen LogP contribution is -1.90. The van der Waals surface area contributed by atoms with E-state index in [1.807, 2.05) is 42.5 Å². The molecule has 0 amide bonds. The van der Waals surface area contributed by atoms with Gasteiger partial charge in [0.2, 0.25) is 0 Å². The number of nitrogens with zero attached hydrogens (tertiary/aromatic N) is 1. The topological polar surface area (TPSA) is 64.9 Å². The predicted octanol–water partition coefficient (Wildman–Crippen LogP) is 3.40. The van der Waals surface area contributed by atoms with Crippen molar-refractivity contribution in [2.45, 2.75) is 0 Å². The van der Waals surface area contributed by atoms with Crippen molar-refractivity contribution < 1.29 is 0 Å². The van der Waals surface area contributed by atoms with Crippen molar-refractivity contribution in [2.24, 2.45) is 0 Å². The molecule has 0 aliphatic carbocycles. The Morgan fingerprint density at radius 1 is 0.833 bits per heavy atom. The molecule has 0 atom stereocenters. The van der Waals surface area contributed by atoms with Crippen molar-refractivity contribution in [2.75, 3.05) is 11.5 Å². The highest BCUT2D eigenvalue weighted by Gasteiger charge is 2.02. The molecule has 0 aliphatic heterocycles. The number of aromatic nitrogens is 1. The summed E-state index contributed by atoms with van der Waals surface area (Å²) in [5, 5.41) is 1.99. The average Bonchev–Trinajstić information content (AvgIpc) is 2.28. The van der Waals surface area contributed by atoms with Crippen molar-refractivity contribution in [1.82, 2.24) is 4.98 Å². The Morgan fingerprint density at radius 2 is 1.61 bits per heavy atom. The number of hydrogen-bond donors (Lipinski definition) is 2. The first-order valence-corrected chi connectivity index (χ1v) is 5.08. The maximum atomic E-state index is 5.91. The Bertz CT molecular complexity index is 698. The fourth-order valence-electron chi connectivity index (χ4n) is 1.90. The van der Waals surface area contributed by atoms with Gasteiger partial charge in [-0.05, 0) is 36.4 Å². The number of fused-ring (bicyclic) bond motifs is 2. The van der Waals surface area contributed by atoms with E-state index < -0.39 is 0 Å². The van der Waals surface area contributed by atoms with Gasteiger partial charge in [0.25, 0.3) is 0 Å². The van der Waals surface area contributed by atoms with Crippen LogP contribution >= 0.6 is 24.8 Å². The van der Waals surface area contributed by atoms with Crippen molar-refractivity contribution in [1.29, 1.82) is 0 Å². The fraction of sp³-hybridized carbons (Fsp3) is 0. The second kappa shape index (κ2) is 5.29. The Balaban J connectivity index is 0.000000810. The van der Waals surface area contributed by atoms with Crippen LogP contribution in [0.5, 0.6) is 0 Å². The Kier molecular flexibility index (Phi) is 4.22. The van der Waals surface area contributed by atoms with Crippen LogP contribution in [0.1, 0.15) is 0 Å². The highest BCUT2D eigenvalue weighted by molar-refractivity contribution is 5.99. The van der Waals surface area contributed by atoms with E-state index in [1.165, 1.54) is 0 Å². The third kappa shape index (κ3) is 2.28. The number of nitrogens with two attached hydrogens (primary N) is 2. The molecule has 3 rings (SSSR count). The zero-order chi connectivity index (χ0) is 11.1. The number of halogens is 2. The van der Waals surface area contributed by atoms with Gasteiger partial charge in [-0.3, -0.25) is 0 Å². The number of anilines is 2. The molecule has 0 fully saturated rings. The number of hydrogen-bond acceptors (Lipinski definition) is 3. The molecule has 1 aromatic heterocycles. The maximum Gasteiger partial charge on any atom is 0.0730 e. The molecule has 3 nitrogen and oxygen atoms in total. The van der Waals surface area contributed by atoms with E-state index in [2.05, 4.69) is 4.98 Å². The van der Waals surface area contributed by atoms with Crippen LogP contribution in [0.25, 0.3) is 21.8 Å². The summed E-state index contributed by atoms with van der Waals surface area (Å²) in [6.45, 7) is 0. The quantitative estimate of drug-likeness (QED) is 0.490. The Hall–Kier alpha value is -1.71. The van der Waals surface area contributed by atoms with E-state index >= 15 is 0 Å². The number of pyridine rings is 1. The minimum Gasteiger partial charge on any atom is -0.399 e. The van der Waals surface area contributed by atoms with Gasteiger partial charge in [0.15, 0.2) is 0 Å². The SMILES string of the molecule is Cl.Cl.Nc1ccc2nc3cccc(N)c3cc2c1. The monoisotopic (exact) mass is 281 g/mol. The van der Waals surface area contributed by atoms with Gasteiger partial charge in [0.05, 0.1) is 11.0 Å². The minimum atomic E-state index is 0. The van der Waals surface area contributed by atoms with Gasteiger partial charge >= 0.3 is 0 Å². The molecule has 2 aromatic carbocycles. The standard InChI is InChI=1S/C13H11N3.2ClH/c14-9-4-5-12-8(6-9)7-10-11(15)2-1-3-13(10)16-12;;/h1-7H,14-15H2;2*1H. The first-order valence-electron chi connectivity index (χ1n) is 5.08. The van der Waals surface area contributed by atoms with Crippen LogP contribution in [0.4, 0.5) is 11.4 Å². The summed E-state index contributed by atoms with van der Waals surface area (Å²) in [5.74, 6) is 0.